The molecule has 1 amide bonds. The fourth-order valence-corrected chi connectivity index (χ4v) is 2.49. The van der Waals surface area contributed by atoms with Crippen LogP contribution in [0.3, 0.4) is 0 Å². The minimum Gasteiger partial charge on any atom is -0.365 e. The van der Waals surface area contributed by atoms with E-state index in [0.717, 1.165) is 23.3 Å². The number of aryl methyl sites for hydroxylation is 1. The smallest absolute Gasteiger partial charge is 0.365 e. The van der Waals surface area contributed by atoms with Crippen molar-refractivity contribution >= 4 is 17.4 Å². The number of benzene rings is 2. The SMILES string of the molecule is Cc1cccc(CNc2cnc(C(=O)Nc3ccc(C(F)(F)F)cc3)cn2)c1. The molecule has 0 aliphatic rings. The fraction of sp³-hybridized carbons (Fsp3) is 0.150. The lowest BCUT2D eigenvalue weighted by Gasteiger charge is -2.09. The number of amides is 1. The van der Waals surface area contributed by atoms with Gasteiger partial charge in [-0.25, -0.2) is 9.97 Å². The molecule has 1 heterocycles. The summed E-state index contributed by atoms with van der Waals surface area (Å²) in [6.45, 7) is 2.57. The normalized spacial score (nSPS) is 11.1. The first-order valence-electron chi connectivity index (χ1n) is 8.41. The van der Waals surface area contributed by atoms with Crippen LogP contribution in [0.15, 0.2) is 60.9 Å². The fourth-order valence-electron chi connectivity index (χ4n) is 2.49. The Hall–Kier alpha value is -3.42. The van der Waals surface area contributed by atoms with E-state index in [1.807, 2.05) is 31.2 Å². The third-order valence-corrected chi connectivity index (χ3v) is 3.91. The summed E-state index contributed by atoms with van der Waals surface area (Å²) in [6.07, 6.45) is -1.69. The number of halogens is 3. The second-order valence-electron chi connectivity index (χ2n) is 6.16. The van der Waals surface area contributed by atoms with E-state index in [2.05, 4.69) is 20.6 Å². The number of nitrogens with one attached hydrogen (secondary N) is 2. The summed E-state index contributed by atoms with van der Waals surface area (Å²) >= 11 is 0. The van der Waals surface area contributed by atoms with Gasteiger partial charge in [-0.15, -0.1) is 0 Å². The van der Waals surface area contributed by atoms with Gasteiger partial charge in [0.2, 0.25) is 0 Å². The first-order valence-corrected chi connectivity index (χ1v) is 8.41. The summed E-state index contributed by atoms with van der Waals surface area (Å²) in [5.41, 5.74) is 1.75. The molecule has 3 aromatic rings. The molecule has 0 radical (unpaired) electrons. The molecular formula is C20H17F3N4O. The van der Waals surface area contributed by atoms with Gasteiger partial charge in [0.15, 0.2) is 0 Å². The molecule has 2 N–H and O–H groups in total. The van der Waals surface area contributed by atoms with E-state index in [9.17, 15) is 18.0 Å². The van der Waals surface area contributed by atoms with Gasteiger partial charge < -0.3 is 10.6 Å². The van der Waals surface area contributed by atoms with Crippen LogP contribution in [0.1, 0.15) is 27.2 Å². The highest BCUT2D eigenvalue weighted by Crippen LogP contribution is 2.29. The Bertz CT molecular complexity index is 954. The average Bonchev–Trinajstić information content (AvgIpc) is 2.66. The molecule has 0 spiro atoms. The predicted molar refractivity (Wildman–Crippen MR) is 99.9 cm³/mol. The summed E-state index contributed by atoms with van der Waals surface area (Å²) in [4.78, 5) is 20.4. The molecule has 0 fully saturated rings. The molecule has 0 aliphatic carbocycles. The number of carbonyl (C=O) groups excluding carboxylic acids is 1. The Morgan fingerprint density at radius 3 is 2.39 bits per heavy atom. The summed E-state index contributed by atoms with van der Waals surface area (Å²) in [7, 11) is 0. The molecule has 0 saturated heterocycles. The van der Waals surface area contributed by atoms with E-state index in [1.165, 1.54) is 24.5 Å². The molecule has 0 atom stereocenters. The summed E-state index contributed by atoms with van der Waals surface area (Å²) in [6, 6.07) is 12.2. The maximum atomic E-state index is 12.6. The number of alkyl halides is 3. The van der Waals surface area contributed by atoms with E-state index in [4.69, 9.17) is 0 Å². The van der Waals surface area contributed by atoms with Gasteiger partial charge in [-0.2, -0.15) is 13.2 Å². The van der Waals surface area contributed by atoms with Gasteiger partial charge in [0.1, 0.15) is 11.5 Å². The lowest BCUT2D eigenvalue weighted by Crippen LogP contribution is -2.15. The maximum absolute atomic E-state index is 12.6. The third-order valence-electron chi connectivity index (χ3n) is 3.91. The van der Waals surface area contributed by atoms with Crippen LogP contribution in [0.2, 0.25) is 0 Å². The Morgan fingerprint density at radius 2 is 1.79 bits per heavy atom. The first-order chi connectivity index (χ1) is 13.3. The molecule has 0 unspecified atom stereocenters. The van der Waals surface area contributed by atoms with Gasteiger partial charge >= 0.3 is 6.18 Å². The van der Waals surface area contributed by atoms with Crippen LogP contribution in [-0.4, -0.2) is 15.9 Å². The topological polar surface area (TPSA) is 66.9 Å². The Kier molecular flexibility index (Phi) is 5.58. The van der Waals surface area contributed by atoms with Gasteiger partial charge in [-0.05, 0) is 36.8 Å². The first kappa shape index (κ1) is 19.3. The van der Waals surface area contributed by atoms with Crippen LogP contribution in [0.4, 0.5) is 24.7 Å². The van der Waals surface area contributed by atoms with Gasteiger partial charge in [-0.3, -0.25) is 4.79 Å². The van der Waals surface area contributed by atoms with Crippen molar-refractivity contribution in [1.29, 1.82) is 0 Å². The second-order valence-corrected chi connectivity index (χ2v) is 6.16. The third kappa shape index (κ3) is 5.06. The van der Waals surface area contributed by atoms with Gasteiger partial charge in [0.25, 0.3) is 5.91 Å². The molecule has 0 bridgehead atoms. The summed E-state index contributed by atoms with van der Waals surface area (Å²) < 4.78 is 37.7. The molecule has 0 saturated carbocycles. The molecule has 3 rings (SSSR count). The predicted octanol–water partition coefficient (Wildman–Crippen LogP) is 4.67. The number of hydrogen-bond donors (Lipinski definition) is 2. The van der Waals surface area contributed by atoms with Crippen LogP contribution in [0.25, 0.3) is 0 Å². The number of rotatable bonds is 5. The van der Waals surface area contributed by atoms with E-state index in [-0.39, 0.29) is 11.4 Å². The summed E-state index contributed by atoms with van der Waals surface area (Å²) in [5, 5.41) is 5.60. The van der Waals surface area contributed by atoms with Crippen molar-refractivity contribution in [3.8, 4) is 0 Å². The quantitative estimate of drug-likeness (QED) is 0.669. The van der Waals surface area contributed by atoms with Gasteiger partial charge in [0.05, 0.1) is 18.0 Å². The highest BCUT2D eigenvalue weighted by Gasteiger charge is 2.30. The zero-order valence-corrected chi connectivity index (χ0v) is 14.9. The lowest BCUT2D eigenvalue weighted by molar-refractivity contribution is -0.137. The highest BCUT2D eigenvalue weighted by atomic mass is 19.4. The average molecular weight is 386 g/mol. The standard InChI is InChI=1S/C20H17F3N4O/c1-13-3-2-4-14(9-13)10-25-18-12-24-17(11-26-18)19(28)27-16-7-5-15(6-8-16)20(21,22)23/h2-9,11-12H,10H2,1H3,(H,25,26)(H,27,28). The van der Waals surface area contributed by atoms with E-state index in [1.54, 1.807) is 0 Å². The van der Waals surface area contributed by atoms with Crippen LogP contribution >= 0.6 is 0 Å². The van der Waals surface area contributed by atoms with Crippen LogP contribution in [0, 0.1) is 6.92 Å². The van der Waals surface area contributed by atoms with E-state index < -0.39 is 17.6 Å². The van der Waals surface area contributed by atoms with Crippen molar-refractivity contribution < 1.29 is 18.0 Å². The zero-order chi connectivity index (χ0) is 20.1. The van der Waals surface area contributed by atoms with Gasteiger partial charge in [0, 0.05) is 12.2 Å². The number of aromatic nitrogens is 2. The highest BCUT2D eigenvalue weighted by molar-refractivity contribution is 6.02. The molecule has 1 aromatic heterocycles. The van der Waals surface area contributed by atoms with Crippen molar-refractivity contribution in [1.82, 2.24) is 9.97 Å². The van der Waals surface area contributed by atoms with Crippen molar-refractivity contribution in [2.75, 3.05) is 10.6 Å². The van der Waals surface area contributed by atoms with Crippen LogP contribution in [-0.2, 0) is 12.7 Å². The summed E-state index contributed by atoms with van der Waals surface area (Å²) in [5.74, 6) is -0.0509. The number of carbonyl (C=O) groups is 1. The van der Waals surface area contributed by atoms with Crippen molar-refractivity contribution in [2.45, 2.75) is 19.6 Å². The van der Waals surface area contributed by atoms with Crippen LogP contribution < -0.4 is 10.6 Å². The van der Waals surface area contributed by atoms with Crippen molar-refractivity contribution in [3.05, 3.63) is 83.3 Å². The van der Waals surface area contributed by atoms with E-state index >= 15 is 0 Å². The molecule has 28 heavy (non-hydrogen) atoms. The molecule has 8 heteroatoms. The monoisotopic (exact) mass is 386 g/mol. The molecule has 5 nitrogen and oxygen atoms in total. The minimum atomic E-state index is -4.42. The van der Waals surface area contributed by atoms with Crippen LogP contribution in [0.5, 0.6) is 0 Å². The lowest BCUT2D eigenvalue weighted by atomic mass is 10.1. The molecular weight excluding hydrogens is 369 g/mol. The Balaban J connectivity index is 1.59. The molecule has 144 valence electrons. The van der Waals surface area contributed by atoms with Gasteiger partial charge in [-0.1, -0.05) is 29.8 Å². The number of anilines is 2. The maximum Gasteiger partial charge on any atom is 0.416 e. The minimum absolute atomic E-state index is 0.0565. The Labute approximate surface area is 159 Å². The molecule has 2 aromatic carbocycles. The Morgan fingerprint density at radius 1 is 1.04 bits per heavy atom. The van der Waals surface area contributed by atoms with E-state index in [0.29, 0.717) is 12.4 Å². The zero-order valence-electron chi connectivity index (χ0n) is 14.9. The largest absolute Gasteiger partial charge is 0.416 e. The second kappa shape index (κ2) is 8.08. The number of hydrogen-bond acceptors (Lipinski definition) is 4. The van der Waals surface area contributed by atoms with Crippen molar-refractivity contribution in [3.63, 3.8) is 0 Å². The molecule has 0 aliphatic heterocycles. The van der Waals surface area contributed by atoms with Crippen molar-refractivity contribution in [2.24, 2.45) is 0 Å². The number of nitrogens with zero attached hydrogens (tertiary/aromatic N) is 2.